The lowest BCUT2D eigenvalue weighted by Gasteiger charge is -2.05. The van der Waals surface area contributed by atoms with E-state index in [2.05, 4.69) is 45.0 Å². The van der Waals surface area contributed by atoms with Gasteiger partial charge >= 0.3 is 0 Å². The third-order valence-corrected chi connectivity index (χ3v) is 1.95. The number of aryl methyl sites for hydroxylation is 1. The van der Waals surface area contributed by atoms with Gasteiger partial charge in [0.2, 0.25) is 0 Å². The molecule has 0 nitrogen and oxygen atoms in total. The van der Waals surface area contributed by atoms with Gasteiger partial charge in [0, 0.05) is 0 Å². The average Bonchev–Trinajstić information content (AvgIpc) is 2.05. The predicted molar refractivity (Wildman–Crippen MR) is 48.7 cm³/mol. The summed E-state index contributed by atoms with van der Waals surface area (Å²) in [6, 6.07) is 9.56. The monoisotopic (exact) mass is 147 g/mol. The van der Waals surface area contributed by atoms with Crippen molar-refractivity contribution in [3.63, 3.8) is 0 Å². The summed E-state index contributed by atoms with van der Waals surface area (Å²) in [5, 5.41) is 0. The summed E-state index contributed by atoms with van der Waals surface area (Å²) < 4.78 is 0. The Morgan fingerprint density at radius 2 is 2.09 bits per heavy atom. The van der Waals surface area contributed by atoms with Gasteiger partial charge in [-0.1, -0.05) is 39.0 Å². The van der Waals surface area contributed by atoms with E-state index in [9.17, 15) is 0 Å². The Morgan fingerprint density at radius 1 is 1.36 bits per heavy atom. The highest BCUT2D eigenvalue weighted by atomic mass is 14.0. The van der Waals surface area contributed by atoms with Gasteiger partial charge in [-0.05, 0) is 29.5 Å². The van der Waals surface area contributed by atoms with E-state index in [0.717, 1.165) is 6.42 Å². The Balaban J connectivity index is 2.91. The molecule has 0 bridgehead atoms. The summed E-state index contributed by atoms with van der Waals surface area (Å²) >= 11 is 0. The molecule has 1 radical (unpaired) electrons. The molecule has 0 unspecified atom stereocenters. The molecule has 0 aromatic heterocycles. The van der Waals surface area contributed by atoms with E-state index in [-0.39, 0.29) is 0 Å². The van der Waals surface area contributed by atoms with Crippen LogP contribution in [0.1, 0.15) is 37.8 Å². The van der Waals surface area contributed by atoms with Crippen LogP contribution in [0.25, 0.3) is 0 Å². The van der Waals surface area contributed by atoms with Gasteiger partial charge in [0.1, 0.15) is 0 Å². The smallest absolute Gasteiger partial charge is 0.0178 e. The Hall–Kier alpha value is -0.780. The van der Waals surface area contributed by atoms with E-state index in [4.69, 9.17) is 0 Å². The molecule has 59 valence electrons. The molecule has 0 fully saturated rings. The molecule has 0 atom stereocenters. The first-order chi connectivity index (χ1) is 5.24. The Bertz CT molecular complexity index is 223. The molecule has 0 aliphatic carbocycles. The highest BCUT2D eigenvalue weighted by molar-refractivity contribution is 5.24. The largest absolute Gasteiger partial charge is 0.0613 e. The van der Waals surface area contributed by atoms with Gasteiger partial charge in [-0.3, -0.25) is 0 Å². The number of hydrogen-bond donors (Lipinski definition) is 0. The van der Waals surface area contributed by atoms with E-state index < -0.39 is 0 Å². The van der Waals surface area contributed by atoms with Crippen LogP contribution in [0.4, 0.5) is 0 Å². The van der Waals surface area contributed by atoms with Crippen molar-refractivity contribution >= 4 is 0 Å². The molecule has 0 heterocycles. The van der Waals surface area contributed by atoms with Crippen LogP contribution in [-0.2, 0) is 6.42 Å². The normalized spacial score (nSPS) is 10.5. The summed E-state index contributed by atoms with van der Waals surface area (Å²) in [7, 11) is 0. The molecule has 0 aliphatic rings. The summed E-state index contributed by atoms with van der Waals surface area (Å²) in [5.41, 5.74) is 2.78. The molecular formula is C11H15. The standard InChI is InChI=1S/C11H15/c1-4-10-6-5-7-11(8-10)9(2)3/h6-9H,4H2,1-3H3. The van der Waals surface area contributed by atoms with E-state index in [0.29, 0.717) is 5.92 Å². The van der Waals surface area contributed by atoms with Crippen LogP contribution in [0.15, 0.2) is 18.2 Å². The fourth-order valence-corrected chi connectivity index (χ4v) is 1.08. The minimum atomic E-state index is 0.623. The van der Waals surface area contributed by atoms with Crippen LogP contribution in [0.2, 0.25) is 0 Å². The van der Waals surface area contributed by atoms with Crippen molar-refractivity contribution in [1.29, 1.82) is 0 Å². The third-order valence-electron chi connectivity index (χ3n) is 1.95. The molecule has 1 aromatic rings. The van der Waals surface area contributed by atoms with Crippen molar-refractivity contribution in [3.8, 4) is 0 Å². The topological polar surface area (TPSA) is 0 Å². The van der Waals surface area contributed by atoms with Gasteiger partial charge in [0.25, 0.3) is 0 Å². The zero-order valence-corrected chi connectivity index (χ0v) is 7.52. The number of benzene rings is 1. The molecular weight excluding hydrogens is 132 g/mol. The lowest BCUT2D eigenvalue weighted by molar-refractivity contribution is 0.862. The van der Waals surface area contributed by atoms with Crippen molar-refractivity contribution < 1.29 is 0 Å². The molecule has 0 spiro atoms. The lowest BCUT2D eigenvalue weighted by Crippen LogP contribution is -1.88. The van der Waals surface area contributed by atoms with Crippen LogP contribution in [0.3, 0.4) is 0 Å². The average molecular weight is 147 g/mol. The summed E-state index contributed by atoms with van der Waals surface area (Å²) in [6.45, 7) is 6.60. The SMILES string of the molecule is CCc1c[c]cc(C(C)C)c1. The van der Waals surface area contributed by atoms with E-state index in [1.165, 1.54) is 11.1 Å². The minimum absolute atomic E-state index is 0.623. The zero-order valence-electron chi connectivity index (χ0n) is 7.52. The molecule has 0 aliphatic heterocycles. The maximum atomic E-state index is 3.16. The van der Waals surface area contributed by atoms with Gasteiger partial charge in [-0.2, -0.15) is 0 Å². The van der Waals surface area contributed by atoms with Crippen molar-refractivity contribution in [2.24, 2.45) is 0 Å². The molecule has 1 rings (SSSR count). The fourth-order valence-electron chi connectivity index (χ4n) is 1.08. The number of hydrogen-bond acceptors (Lipinski definition) is 0. The molecule has 0 amide bonds. The van der Waals surface area contributed by atoms with Crippen LogP contribution in [0, 0.1) is 6.07 Å². The first-order valence-corrected chi connectivity index (χ1v) is 4.24. The van der Waals surface area contributed by atoms with Gasteiger partial charge < -0.3 is 0 Å². The predicted octanol–water partition coefficient (Wildman–Crippen LogP) is 3.17. The van der Waals surface area contributed by atoms with Crippen molar-refractivity contribution in [1.82, 2.24) is 0 Å². The Kier molecular flexibility index (Phi) is 2.70. The fraction of sp³-hybridized carbons (Fsp3) is 0.455. The quantitative estimate of drug-likeness (QED) is 0.602. The Labute approximate surface area is 69.3 Å². The van der Waals surface area contributed by atoms with Crippen LogP contribution >= 0.6 is 0 Å². The third kappa shape index (κ3) is 2.07. The molecule has 0 saturated carbocycles. The van der Waals surface area contributed by atoms with Gasteiger partial charge in [0.05, 0.1) is 0 Å². The zero-order chi connectivity index (χ0) is 8.27. The van der Waals surface area contributed by atoms with Crippen LogP contribution < -0.4 is 0 Å². The van der Waals surface area contributed by atoms with Gasteiger partial charge in [-0.25, -0.2) is 0 Å². The lowest BCUT2D eigenvalue weighted by atomic mass is 10.0. The van der Waals surface area contributed by atoms with Gasteiger partial charge in [0.15, 0.2) is 0 Å². The van der Waals surface area contributed by atoms with Crippen LogP contribution in [-0.4, -0.2) is 0 Å². The molecule has 0 N–H and O–H groups in total. The molecule has 0 saturated heterocycles. The minimum Gasteiger partial charge on any atom is -0.0613 e. The van der Waals surface area contributed by atoms with Crippen LogP contribution in [0.5, 0.6) is 0 Å². The van der Waals surface area contributed by atoms with Gasteiger partial charge in [-0.15, -0.1) is 0 Å². The van der Waals surface area contributed by atoms with E-state index in [1.54, 1.807) is 0 Å². The first-order valence-electron chi connectivity index (χ1n) is 4.24. The highest BCUT2D eigenvalue weighted by Gasteiger charge is 1.98. The second-order valence-corrected chi connectivity index (χ2v) is 3.18. The van der Waals surface area contributed by atoms with E-state index >= 15 is 0 Å². The van der Waals surface area contributed by atoms with Crippen molar-refractivity contribution in [2.75, 3.05) is 0 Å². The maximum Gasteiger partial charge on any atom is -0.0178 e. The second-order valence-electron chi connectivity index (χ2n) is 3.18. The number of rotatable bonds is 2. The summed E-state index contributed by atoms with van der Waals surface area (Å²) in [6.07, 6.45) is 1.11. The van der Waals surface area contributed by atoms with Crippen molar-refractivity contribution in [3.05, 3.63) is 35.4 Å². The van der Waals surface area contributed by atoms with E-state index in [1.807, 2.05) is 0 Å². The summed E-state index contributed by atoms with van der Waals surface area (Å²) in [4.78, 5) is 0. The summed E-state index contributed by atoms with van der Waals surface area (Å²) in [5.74, 6) is 0.623. The molecule has 0 heteroatoms. The Morgan fingerprint density at radius 3 is 2.64 bits per heavy atom. The maximum absolute atomic E-state index is 3.16. The molecule has 11 heavy (non-hydrogen) atoms. The first kappa shape index (κ1) is 8.32. The molecule has 1 aromatic carbocycles. The van der Waals surface area contributed by atoms with Crippen molar-refractivity contribution in [2.45, 2.75) is 33.1 Å². The highest BCUT2D eigenvalue weighted by Crippen LogP contribution is 2.15. The second kappa shape index (κ2) is 3.56.